The third-order valence-corrected chi connectivity index (χ3v) is 3.52. The predicted octanol–water partition coefficient (Wildman–Crippen LogP) is 2.17. The molecule has 0 aliphatic rings. The van der Waals surface area contributed by atoms with Crippen LogP contribution >= 0.6 is 23.1 Å². The van der Waals surface area contributed by atoms with Gasteiger partial charge in [-0.1, -0.05) is 11.8 Å². The SMILES string of the molecule is Cn1ccc(CSc2nccs2)n1. The molecule has 0 fully saturated rings. The van der Waals surface area contributed by atoms with Gasteiger partial charge in [-0.25, -0.2) is 4.98 Å². The van der Waals surface area contributed by atoms with Gasteiger partial charge in [-0.15, -0.1) is 11.3 Å². The summed E-state index contributed by atoms with van der Waals surface area (Å²) in [6.45, 7) is 0. The monoisotopic (exact) mass is 211 g/mol. The van der Waals surface area contributed by atoms with Crippen LogP contribution in [0.2, 0.25) is 0 Å². The van der Waals surface area contributed by atoms with Crippen molar-refractivity contribution in [2.45, 2.75) is 10.1 Å². The number of hydrogen-bond acceptors (Lipinski definition) is 4. The molecule has 0 aromatic carbocycles. The Labute approximate surface area is 84.8 Å². The van der Waals surface area contributed by atoms with Gasteiger partial charge in [0, 0.05) is 30.6 Å². The first-order valence-electron chi connectivity index (χ1n) is 3.85. The highest BCUT2D eigenvalue weighted by molar-refractivity contribution is 8.00. The fourth-order valence-corrected chi connectivity index (χ4v) is 2.49. The number of nitrogens with zero attached hydrogens (tertiary/aromatic N) is 3. The van der Waals surface area contributed by atoms with Crippen LogP contribution in [-0.2, 0) is 12.8 Å². The number of aryl methyl sites for hydroxylation is 1. The van der Waals surface area contributed by atoms with Crippen molar-refractivity contribution in [1.82, 2.24) is 14.8 Å². The molecule has 2 aromatic rings. The van der Waals surface area contributed by atoms with E-state index >= 15 is 0 Å². The molecule has 0 saturated carbocycles. The summed E-state index contributed by atoms with van der Waals surface area (Å²) in [5, 5.41) is 6.27. The van der Waals surface area contributed by atoms with Crippen molar-refractivity contribution in [2.75, 3.05) is 0 Å². The molecule has 0 radical (unpaired) electrons. The molecule has 0 N–H and O–H groups in total. The maximum absolute atomic E-state index is 4.28. The van der Waals surface area contributed by atoms with Crippen LogP contribution in [0.1, 0.15) is 5.69 Å². The minimum Gasteiger partial charge on any atom is -0.276 e. The molecular weight excluding hydrogens is 202 g/mol. The zero-order chi connectivity index (χ0) is 9.10. The van der Waals surface area contributed by atoms with E-state index < -0.39 is 0 Å². The smallest absolute Gasteiger partial charge is 0.150 e. The molecule has 2 heterocycles. The van der Waals surface area contributed by atoms with Crippen molar-refractivity contribution in [3.63, 3.8) is 0 Å². The van der Waals surface area contributed by atoms with Crippen molar-refractivity contribution in [2.24, 2.45) is 7.05 Å². The van der Waals surface area contributed by atoms with Crippen LogP contribution in [0.4, 0.5) is 0 Å². The minimum atomic E-state index is 0.897. The maximum Gasteiger partial charge on any atom is 0.150 e. The van der Waals surface area contributed by atoms with E-state index in [0.717, 1.165) is 15.8 Å². The Bertz CT molecular complexity index is 366. The van der Waals surface area contributed by atoms with Crippen molar-refractivity contribution in [1.29, 1.82) is 0 Å². The van der Waals surface area contributed by atoms with Crippen LogP contribution in [0.25, 0.3) is 0 Å². The molecule has 5 heteroatoms. The Morgan fingerprint density at radius 3 is 3.15 bits per heavy atom. The Morgan fingerprint density at radius 1 is 1.62 bits per heavy atom. The Hall–Kier alpha value is -0.810. The number of thioether (sulfide) groups is 1. The van der Waals surface area contributed by atoms with Gasteiger partial charge in [0.2, 0.25) is 0 Å². The maximum atomic E-state index is 4.28. The molecule has 68 valence electrons. The average molecular weight is 211 g/mol. The molecule has 0 saturated heterocycles. The van der Waals surface area contributed by atoms with E-state index in [-0.39, 0.29) is 0 Å². The van der Waals surface area contributed by atoms with Crippen molar-refractivity contribution < 1.29 is 0 Å². The van der Waals surface area contributed by atoms with Gasteiger partial charge in [0.05, 0.1) is 5.69 Å². The molecule has 0 unspecified atom stereocenters. The second-order valence-electron chi connectivity index (χ2n) is 2.57. The number of hydrogen-bond donors (Lipinski definition) is 0. The predicted molar refractivity (Wildman–Crippen MR) is 54.9 cm³/mol. The molecule has 0 aliphatic heterocycles. The summed E-state index contributed by atoms with van der Waals surface area (Å²) in [6, 6.07) is 2.03. The highest BCUT2D eigenvalue weighted by Gasteiger charge is 2.00. The third kappa shape index (κ3) is 2.32. The Balaban J connectivity index is 1.93. The van der Waals surface area contributed by atoms with Gasteiger partial charge in [0.25, 0.3) is 0 Å². The highest BCUT2D eigenvalue weighted by atomic mass is 32.2. The largest absolute Gasteiger partial charge is 0.276 e. The molecule has 0 atom stereocenters. The molecular formula is C8H9N3S2. The summed E-state index contributed by atoms with van der Waals surface area (Å²) in [6.07, 6.45) is 3.78. The standard InChI is InChI=1S/C8H9N3S2/c1-11-4-2-7(10-11)6-13-8-9-3-5-12-8/h2-5H,6H2,1H3. The van der Waals surface area contributed by atoms with Gasteiger partial charge < -0.3 is 0 Å². The Morgan fingerprint density at radius 2 is 2.54 bits per heavy atom. The molecule has 0 aliphatic carbocycles. The lowest BCUT2D eigenvalue weighted by atomic mass is 10.5. The van der Waals surface area contributed by atoms with E-state index in [1.165, 1.54) is 0 Å². The van der Waals surface area contributed by atoms with E-state index in [4.69, 9.17) is 0 Å². The van der Waals surface area contributed by atoms with Gasteiger partial charge in [-0.2, -0.15) is 5.10 Å². The topological polar surface area (TPSA) is 30.7 Å². The molecule has 0 bridgehead atoms. The first-order chi connectivity index (χ1) is 6.34. The lowest BCUT2D eigenvalue weighted by Crippen LogP contribution is -1.89. The second kappa shape index (κ2) is 3.93. The van der Waals surface area contributed by atoms with Crippen molar-refractivity contribution in [3.8, 4) is 0 Å². The van der Waals surface area contributed by atoms with Gasteiger partial charge in [0.15, 0.2) is 0 Å². The summed E-state index contributed by atoms with van der Waals surface area (Å²) < 4.78 is 2.92. The summed E-state index contributed by atoms with van der Waals surface area (Å²) in [5.74, 6) is 0.897. The molecule has 13 heavy (non-hydrogen) atoms. The fourth-order valence-electron chi connectivity index (χ4n) is 0.957. The van der Waals surface area contributed by atoms with Gasteiger partial charge >= 0.3 is 0 Å². The van der Waals surface area contributed by atoms with Gasteiger partial charge in [0.1, 0.15) is 4.34 Å². The molecule has 3 nitrogen and oxygen atoms in total. The van der Waals surface area contributed by atoms with Crippen LogP contribution in [0, 0.1) is 0 Å². The summed E-state index contributed by atoms with van der Waals surface area (Å²) in [4.78, 5) is 4.19. The van der Waals surface area contributed by atoms with Crippen LogP contribution in [-0.4, -0.2) is 14.8 Å². The number of thiazole rings is 1. The zero-order valence-corrected chi connectivity index (χ0v) is 8.81. The number of aromatic nitrogens is 3. The van der Waals surface area contributed by atoms with E-state index in [2.05, 4.69) is 10.1 Å². The van der Waals surface area contributed by atoms with E-state index in [0.29, 0.717) is 0 Å². The van der Waals surface area contributed by atoms with E-state index in [1.54, 1.807) is 23.1 Å². The quantitative estimate of drug-likeness (QED) is 0.729. The molecule has 2 rings (SSSR count). The summed E-state index contributed by atoms with van der Waals surface area (Å²) in [5.41, 5.74) is 1.10. The Kier molecular flexibility index (Phi) is 2.65. The van der Waals surface area contributed by atoms with Crippen LogP contribution in [0.5, 0.6) is 0 Å². The number of rotatable bonds is 3. The van der Waals surface area contributed by atoms with Gasteiger partial charge in [-0.3, -0.25) is 4.68 Å². The van der Waals surface area contributed by atoms with Crippen LogP contribution < -0.4 is 0 Å². The highest BCUT2D eigenvalue weighted by Crippen LogP contribution is 2.23. The first-order valence-corrected chi connectivity index (χ1v) is 5.72. The van der Waals surface area contributed by atoms with Crippen molar-refractivity contribution in [3.05, 3.63) is 29.5 Å². The second-order valence-corrected chi connectivity index (χ2v) is 4.68. The lowest BCUT2D eigenvalue weighted by Gasteiger charge is -1.92. The first kappa shape index (κ1) is 8.77. The van der Waals surface area contributed by atoms with E-state index in [1.807, 2.05) is 35.6 Å². The van der Waals surface area contributed by atoms with E-state index in [9.17, 15) is 0 Å². The summed E-state index contributed by atoms with van der Waals surface area (Å²) >= 11 is 3.39. The van der Waals surface area contributed by atoms with Crippen molar-refractivity contribution >= 4 is 23.1 Å². The normalized spacial score (nSPS) is 10.5. The average Bonchev–Trinajstić information content (AvgIpc) is 2.71. The summed E-state index contributed by atoms with van der Waals surface area (Å²) in [7, 11) is 1.93. The zero-order valence-electron chi connectivity index (χ0n) is 7.17. The molecule has 0 amide bonds. The van der Waals surface area contributed by atoms with Crippen LogP contribution in [0.3, 0.4) is 0 Å². The molecule has 2 aromatic heterocycles. The molecule has 0 spiro atoms. The third-order valence-electron chi connectivity index (χ3n) is 1.52. The minimum absolute atomic E-state index is 0.897. The lowest BCUT2D eigenvalue weighted by molar-refractivity contribution is 0.755. The van der Waals surface area contributed by atoms with Gasteiger partial charge in [-0.05, 0) is 6.07 Å². The fraction of sp³-hybridized carbons (Fsp3) is 0.250. The van der Waals surface area contributed by atoms with Crippen LogP contribution in [0.15, 0.2) is 28.2 Å².